The molecule has 2 N–H and O–H groups in total. The van der Waals surface area contributed by atoms with E-state index in [0.29, 0.717) is 12.0 Å². The molecule has 0 bridgehead atoms. The van der Waals surface area contributed by atoms with Crippen LogP contribution < -0.4 is 10.4 Å². The average molecular weight is 446 g/mol. The fourth-order valence-corrected chi connectivity index (χ4v) is 4.08. The Morgan fingerprint density at radius 1 is 1.31 bits per heavy atom. The maximum absolute atomic E-state index is 13.2. The molecule has 0 radical (unpaired) electrons. The van der Waals surface area contributed by atoms with Crippen LogP contribution in [0.2, 0.25) is 0 Å². The molecule has 8 heteroatoms. The van der Waals surface area contributed by atoms with E-state index >= 15 is 0 Å². The van der Waals surface area contributed by atoms with Crippen LogP contribution in [-0.2, 0) is 16.0 Å². The maximum Gasteiger partial charge on any atom is 0.336 e. The van der Waals surface area contributed by atoms with E-state index in [0.717, 1.165) is 6.07 Å². The number of esters is 1. The van der Waals surface area contributed by atoms with Crippen molar-refractivity contribution in [1.82, 2.24) is 0 Å². The van der Waals surface area contributed by atoms with Crippen molar-refractivity contribution in [3.63, 3.8) is 0 Å². The molecule has 1 aliphatic heterocycles. The topological polar surface area (TPSA) is 123 Å². The number of ether oxygens (including phenoxy) is 2. The number of fused-ring (bicyclic) bond motifs is 3. The molecule has 174 valence electrons. The molecule has 0 aliphatic carbocycles. The summed E-state index contributed by atoms with van der Waals surface area (Å²) >= 11 is 0. The Labute approximate surface area is 186 Å². The third-order valence-corrected chi connectivity index (χ3v) is 5.70. The number of phenols is 1. The van der Waals surface area contributed by atoms with E-state index in [4.69, 9.17) is 13.9 Å². The lowest BCUT2D eigenvalue weighted by molar-refractivity contribution is -0.146. The Morgan fingerprint density at radius 3 is 2.53 bits per heavy atom. The maximum atomic E-state index is 13.2. The number of rotatable bonds is 6. The van der Waals surface area contributed by atoms with Gasteiger partial charge >= 0.3 is 11.6 Å². The van der Waals surface area contributed by atoms with E-state index < -0.39 is 29.4 Å². The van der Waals surface area contributed by atoms with Gasteiger partial charge in [0, 0.05) is 37.0 Å². The summed E-state index contributed by atoms with van der Waals surface area (Å²) in [5, 5.41) is 22.1. The molecular weight excluding hydrogens is 416 g/mol. The van der Waals surface area contributed by atoms with Crippen molar-refractivity contribution in [2.45, 2.75) is 78.6 Å². The van der Waals surface area contributed by atoms with Crippen molar-refractivity contribution in [1.29, 1.82) is 0 Å². The summed E-state index contributed by atoms with van der Waals surface area (Å²) < 4.78 is 16.8. The van der Waals surface area contributed by atoms with E-state index in [-0.39, 0.29) is 58.1 Å². The van der Waals surface area contributed by atoms with Gasteiger partial charge in [-0.3, -0.25) is 9.59 Å². The zero-order chi connectivity index (χ0) is 24.0. The minimum absolute atomic E-state index is 0.0150. The predicted molar refractivity (Wildman–Crippen MR) is 117 cm³/mol. The first-order chi connectivity index (χ1) is 14.9. The van der Waals surface area contributed by atoms with E-state index in [1.165, 1.54) is 6.92 Å². The Morgan fingerprint density at radius 2 is 1.97 bits per heavy atom. The smallest absolute Gasteiger partial charge is 0.336 e. The van der Waals surface area contributed by atoms with Gasteiger partial charge in [0.1, 0.15) is 34.4 Å². The number of carbonyl (C=O) groups excluding carboxylic acids is 2. The molecular formula is C24H30O8. The third-order valence-electron chi connectivity index (χ3n) is 5.70. The Balaban J connectivity index is 2.44. The second-order valence-electron chi connectivity index (χ2n) is 9.21. The molecule has 0 saturated carbocycles. The quantitative estimate of drug-likeness (QED) is 0.390. The molecule has 3 rings (SSSR count). The van der Waals surface area contributed by atoms with Crippen LogP contribution in [0.4, 0.5) is 0 Å². The van der Waals surface area contributed by atoms with E-state index in [2.05, 4.69) is 0 Å². The summed E-state index contributed by atoms with van der Waals surface area (Å²) in [7, 11) is 0. The monoisotopic (exact) mass is 446 g/mol. The van der Waals surface area contributed by atoms with E-state index in [9.17, 15) is 24.6 Å². The molecule has 0 amide bonds. The first-order valence-corrected chi connectivity index (χ1v) is 10.8. The van der Waals surface area contributed by atoms with Crippen LogP contribution in [0, 0.1) is 5.92 Å². The highest BCUT2D eigenvalue weighted by atomic mass is 16.5. The normalized spacial score (nSPS) is 18.2. The largest absolute Gasteiger partial charge is 0.506 e. The van der Waals surface area contributed by atoms with Gasteiger partial charge in [-0.05, 0) is 26.2 Å². The minimum atomic E-state index is -1.03. The molecule has 2 heterocycles. The van der Waals surface area contributed by atoms with Gasteiger partial charge in [0.25, 0.3) is 0 Å². The predicted octanol–water partition coefficient (Wildman–Crippen LogP) is 3.82. The van der Waals surface area contributed by atoms with Crippen LogP contribution in [0.3, 0.4) is 0 Å². The highest BCUT2D eigenvalue weighted by Crippen LogP contribution is 2.48. The summed E-state index contributed by atoms with van der Waals surface area (Å²) in [6.07, 6.45) is -1.24. The molecule has 2 atom stereocenters. The molecule has 0 spiro atoms. The average Bonchev–Trinajstić information content (AvgIpc) is 2.66. The van der Waals surface area contributed by atoms with Gasteiger partial charge in [0.2, 0.25) is 0 Å². The van der Waals surface area contributed by atoms with Crippen molar-refractivity contribution in [3.05, 3.63) is 33.2 Å². The number of hydrogen-bond acceptors (Lipinski definition) is 8. The molecule has 0 fully saturated rings. The third kappa shape index (κ3) is 4.24. The van der Waals surface area contributed by atoms with Gasteiger partial charge in [-0.15, -0.1) is 0 Å². The number of aliphatic hydroxyl groups is 1. The van der Waals surface area contributed by atoms with Crippen LogP contribution >= 0.6 is 0 Å². The number of hydrogen-bond donors (Lipinski definition) is 2. The van der Waals surface area contributed by atoms with Crippen LogP contribution in [0.5, 0.6) is 11.5 Å². The Hall–Kier alpha value is -2.87. The van der Waals surface area contributed by atoms with E-state index in [1.54, 1.807) is 20.8 Å². The van der Waals surface area contributed by atoms with Crippen LogP contribution in [0.1, 0.15) is 82.0 Å². The second-order valence-corrected chi connectivity index (χ2v) is 9.21. The lowest BCUT2D eigenvalue weighted by Crippen LogP contribution is -2.46. The van der Waals surface area contributed by atoms with Crippen LogP contribution in [-0.4, -0.2) is 33.7 Å². The lowest BCUT2D eigenvalue weighted by Gasteiger charge is -2.38. The number of aromatic hydroxyl groups is 1. The molecule has 1 aliphatic rings. The van der Waals surface area contributed by atoms with Crippen molar-refractivity contribution < 1.29 is 33.7 Å². The summed E-state index contributed by atoms with van der Waals surface area (Å²) in [5.41, 5.74) is -1.17. The highest BCUT2D eigenvalue weighted by molar-refractivity contribution is 6.08. The van der Waals surface area contributed by atoms with Crippen molar-refractivity contribution in [3.8, 4) is 11.5 Å². The second kappa shape index (κ2) is 8.58. The molecule has 8 nitrogen and oxygen atoms in total. The Bertz CT molecular complexity index is 1130. The number of phenolic OH excluding ortho intramolecular Hbond substituents is 1. The minimum Gasteiger partial charge on any atom is -0.506 e. The molecule has 0 saturated heterocycles. The number of benzene rings is 1. The van der Waals surface area contributed by atoms with Gasteiger partial charge in [-0.2, -0.15) is 0 Å². The number of Topliss-reactive ketones (excluding diaryl/α,β-unsaturated/α-hetero) is 1. The number of aliphatic hydroxyl groups excluding tert-OH is 1. The molecule has 1 aromatic carbocycles. The standard InChI is InChI=1S/C24H30O8/c1-7-16(30-12(4)25)13-10-18(28)31-22-14-9-17(27)24(5,6)32-23(14)20(21(29)19(13)22)15(26)8-11(2)3/h10-11,16-17,27,29H,7-9H2,1-6H3. The van der Waals surface area contributed by atoms with Gasteiger partial charge in [-0.1, -0.05) is 20.8 Å². The number of ketones is 1. The number of carbonyl (C=O) groups is 2. The van der Waals surface area contributed by atoms with Gasteiger partial charge in [-0.25, -0.2) is 4.79 Å². The molecule has 2 unspecified atom stereocenters. The zero-order valence-corrected chi connectivity index (χ0v) is 19.3. The van der Waals surface area contributed by atoms with Gasteiger partial charge in [0.15, 0.2) is 5.78 Å². The molecule has 1 aromatic heterocycles. The fraction of sp³-hybridized carbons (Fsp3) is 0.542. The van der Waals surface area contributed by atoms with Gasteiger partial charge in [0.05, 0.1) is 11.5 Å². The summed E-state index contributed by atoms with van der Waals surface area (Å²) in [6.45, 7) is 10.1. The SMILES string of the molecule is CCC(OC(C)=O)c1cc(=O)oc2c3c(c(C(=O)CC(C)C)c(O)c12)OC(C)(C)C(O)C3. The fourth-order valence-electron chi connectivity index (χ4n) is 4.08. The lowest BCUT2D eigenvalue weighted by atomic mass is 9.85. The van der Waals surface area contributed by atoms with Crippen molar-refractivity contribution in [2.24, 2.45) is 5.92 Å². The highest BCUT2D eigenvalue weighted by Gasteiger charge is 2.41. The Kier molecular flexibility index (Phi) is 6.38. The summed E-state index contributed by atoms with van der Waals surface area (Å²) in [4.78, 5) is 37.3. The first kappa shape index (κ1) is 23.8. The van der Waals surface area contributed by atoms with Gasteiger partial charge < -0.3 is 24.1 Å². The van der Waals surface area contributed by atoms with E-state index in [1.807, 2.05) is 13.8 Å². The zero-order valence-electron chi connectivity index (χ0n) is 19.3. The summed E-state index contributed by atoms with van der Waals surface area (Å²) in [5.74, 6) is -1.14. The van der Waals surface area contributed by atoms with Crippen molar-refractivity contribution in [2.75, 3.05) is 0 Å². The first-order valence-electron chi connectivity index (χ1n) is 10.8. The van der Waals surface area contributed by atoms with Crippen molar-refractivity contribution >= 4 is 22.7 Å². The molecule has 32 heavy (non-hydrogen) atoms. The van der Waals surface area contributed by atoms with Crippen LogP contribution in [0.25, 0.3) is 11.0 Å². The summed E-state index contributed by atoms with van der Waals surface area (Å²) in [6, 6.07) is 1.16. The van der Waals surface area contributed by atoms with Crippen LogP contribution in [0.15, 0.2) is 15.3 Å². The molecule has 2 aromatic rings.